The number of aromatic nitrogens is 2. The maximum Gasteiger partial charge on any atom is 0.228 e. The van der Waals surface area contributed by atoms with Crippen LogP contribution in [0.1, 0.15) is 32.3 Å². The first-order valence-corrected chi connectivity index (χ1v) is 12.8. The Labute approximate surface area is 208 Å². The number of benzene rings is 1. The average molecular weight is 473 g/mol. The van der Waals surface area contributed by atoms with Crippen molar-refractivity contribution in [1.82, 2.24) is 14.9 Å². The maximum absolute atomic E-state index is 5.57. The number of hydrogen-bond donors (Lipinski definition) is 0. The summed E-state index contributed by atoms with van der Waals surface area (Å²) < 4.78 is 5.57. The Morgan fingerprint density at radius 1 is 0.914 bits per heavy atom. The highest BCUT2D eigenvalue weighted by Gasteiger charge is 2.25. The van der Waals surface area contributed by atoms with E-state index in [1.807, 2.05) is 12.3 Å². The van der Waals surface area contributed by atoms with Gasteiger partial charge in [0.25, 0.3) is 0 Å². The molecule has 1 unspecified atom stereocenters. The summed E-state index contributed by atoms with van der Waals surface area (Å²) >= 11 is 0. The van der Waals surface area contributed by atoms with Gasteiger partial charge in [0.1, 0.15) is 12.0 Å². The van der Waals surface area contributed by atoms with E-state index in [4.69, 9.17) is 19.7 Å². The van der Waals surface area contributed by atoms with Crippen LogP contribution in [-0.4, -0.2) is 79.7 Å². The normalized spacial score (nSPS) is 21.4. The van der Waals surface area contributed by atoms with Crippen LogP contribution >= 0.6 is 0 Å². The van der Waals surface area contributed by atoms with Gasteiger partial charge in [0.2, 0.25) is 5.95 Å². The van der Waals surface area contributed by atoms with Crippen molar-refractivity contribution >= 4 is 18.0 Å². The number of rotatable bonds is 5. The molecule has 4 heterocycles. The molecule has 2 aromatic rings. The third kappa shape index (κ3) is 5.63. The predicted molar refractivity (Wildman–Crippen MR) is 144 cm³/mol. The fourth-order valence-corrected chi connectivity index (χ4v) is 4.76. The zero-order chi connectivity index (χ0) is 24.2. The summed E-state index contributed by atoms with van der Waals surface area (Å²) in [6.45, 7) is 13.4. The smallest absolute Gasteiger partial charge is 0.228 e. The van der Waals surface area contributed by atoms with Gasteiger partial charge < -0.3 is 14.5 Å². The molecule has 3 aliphatic rings. The Balaban J connectivity index is 1.39. The number of aliphatic imine (C=N–C) groups is 1. The van der Waals surface area contributed by atoms with Crippen LogP contribution in [0.2, 0.25) is 0 Å². The van der Waals surface area contributed by atoms with Gasteiger partial charge >= 0.3 is 0 Å². The average Bonchev–Trinajstić information content (AvgIpc) is 3.13. The van der Waals surface area contributed by atoms with Crippen LogP contribution in [0, 0.1) is 0 Å². The molecule has 0 radical (unpaired) electrons. The zero-order valence-corrected chi connectivity index (χ0v) is 21.1. The molecule has 3 aliphatic heterocycles. The first-order chi connectivity index (χ1) is 17.1. The van der Waals surface area contributed by atoms with Crippen molar-refractivity contribution in [2.24, 2.45) is 4.99 Å². The number of allylic oxidation sites excluding steroid dienone is 3. The van der Waals surface area contributed by atoms with Crippen LogP contribution in [0.5, 0.6) is 0 Å². The summed E-state index contributed by atoms with van der Waals surface area (Å²) in [6, 6.07) is 11.0. The van der Waals surface area contributed by atoms with E-state index in [0.717, 1.165) is 62.3 Å². The number of hydrogen-bond acceptors (Lipinski definition) is 7. The number of nitrogens with zero attached hydrogens (tertiary/aromatic N) is 6. The summed E-state index contributed by atoms with van der Waals surface area (Å²) in [4.78, 5) is 21.8. The maximum atomic E-state index is 5.57. The highest BCUT2D eigenvalue weighted by molar-refractivity contribution is 5.73. The molecular formula is C28H36N6O. The molecule has 0 saturated carbocycles. The second-order valence-electron chi connectivity index (χ2n) is 9.79. The van der Waals surface area contributed by atoms with Crippen LogP contribution in [0.3, 0.4) is 0 Å². The molecule has 1 atom stereocenters. The van der Waals surface area contributed by atoms with Gasteiger partial charge in [-0.1, -0.05) is 49.8 Å². The lowest BCUT2D eigenvalue weighted by atomic mass is 10.0. The lowest BCUT2D eigenvalue weighted by molar-refractivity contribution is 0.122. The van der Waals surface area contributed by atoms with Crippen LogP contribution in [0.15, 0.2) is 59.1 Å². The molecular weight excluding hydrogens is 436 g/mol. The van der Waals surface area contributed by atoms with E-state index in [1.165, 1.54) is 11.1 Å². The lowest BCUT2D eigenvalue weighted by Gasteiger charge is -2.38. The fourth-order valence-electron chi connectivity index (χ4n) is 4.76. The van der Waals surface area contributed by atoms with E-state index >= 15 is 0 Å². The molecule has 2 fully saturated rings. The molecule has 5 rings (SSSR count). The van der Waals surface area contributed by atoms with Gasteiger partial charge in [0.05, 0.1) is 18.9 Å². The minimum atomic E-state index is 0.108. The van der Waals surface area contributed by atoms with E-state index in [2.05, 4.69) is 78.0 Å². The van der Waals surface area contributed by atoms with Crippen molar-refractivity contribution in [2.75, 3.05) is 62.3 Å². The number of anilines is 2. The van der Waals surface area contributed by atoms with Crippen molar-refractivity contribution in [2.45, 2.75) is 32.9 Å². The van der Waals surface area contributed by atoms with Crippen LogP contribution < -0.4 is 9.80 Å². The molecule has 0 amide bonds. The molecule has 0 bridgehead atoms. The quantitative estimate of drug-likeness (QED) is 0.652. The monoisotopic (exact) mass is 472 g/mol. The summed E-state index contributed by atoms with van der Waals surface area (Å²) in [5.74, 6) is 2.31. The van der Waals surface area contributed by atoms with Crippen LogP contribution in [0.4, 0.5) is 11.8 Å². The molecule has 0 N–H and O–H groups in total. The third-order valence-corrected chi connectivity index (χ3v) is 6.98. The van der Waals surface area contributed by atoms with Gasteiger partial charge in [-0.05, 0) is 30.6 Å². The van der Waals surface area contributed by atoms with Crippen molar-refractivity contribution < 1.29 is 4.74 Å². The Morgan fingerprint density at radius 3 is 2.37 bits per heavy atom. The molecule has 7 nitrogen and oxygen atoms in total. The molecule has 1 aromatic heterocycles. The Morgan fingerprint density at radius 2 is 1.66 bits per heavy atom. The second kappa shape index (κ2) is 10.7. The van der Waals surface area contributed by atoms with Crippen LogP contribution in [0.25, 0.3) is 11.3 Å². The summed E-state index contributed by atoms with van der Waals surface area (Å²) in [7, 11) is 0. The van der Waals surface area contributed by atoms with Crippen molar-refractivity contribution in [3.63, 3.8) is 0 Å². The summed E-state index contributed by atoms with van der Waals surface area (Å²) in [6.07, 6.45) is 8.40. The van der Waals surface area contributed by atoms with Gasteiger partial charge in [0.15, 0.2) is 0 Å². The second-order valence-corrected chi connectivity index (χ2v) is 9.79. The Kier molecular flexibility index (Phi) is 7.25. The number of ether oxygens (including phenoxy) is 1. The van der Waals surface area contributed by atoms with Crippen molar-refractivity contribution in [3.05, 3.63) is 59.7 Å². The van der Waals surface area contributed by atoms with Gasteiger partial charge in [-0.25, -0.2) is 4.98 Å². The molecule has 0 spiro atoms. The van der Waals surface area contributed by atoms with E-state index in [1.54, 1.807) is 0 Å². The van der Waals surface area contributed by atoms with Gasteiger partial charge in [-0.3, -0.25) is 9.89 Å². The molecule has 2 saturated heterocycles. The van der Waals surface area contributed by atoms with E-state index in [9.17, 15) is 0 Å². The highest BCUT2D eigenvalue weighted by Crippen LogP contribution is 2.28. The van der Waals surface area contributed by atoms with Crippen LogP contribution in [-0.2, 0) is 4.74 Å². The minimum absolute atomic E-state index is 0.108. The number of morpholine rings is 1. The number of piperazine rings is 1. The summed E-state index contributed by atoms with van der Waals surface area (Å²) in [5.41, 5.74) is 4.71. The van der Waals surface area contributed by atoms with E-state index in [0.29, 0.717) is 19.1 Å². The Hall–Kier alpha value is -3.03. The van der Waals surface area contributed by atoms with Crippen molar-refractivity contribution in [1.29, 1.82) is 0 Å². The van der Waals surface area contributed by atoms with Crippen molar-refractivity contribution in [3.8, 4) is 11.3 Å². The third-order valence-electron chi connectivity index (χ3n) is 6.98. The fraction of sp³-hybridized carbons (Fsp3) is 0.464. The predicted octanol–water partition coefficient (Wildman–Crippen LogP) is 4.14. The standard InChI is InChI=1S/C28H36N6O/c1-21(2)23-6-8-24(9-7-23)25-20-27(31-28(30-25)34-15-17-35-18-16-34)33-13-11-32(12-14-33)26-19-22(3)5-4-10-29-26/h4-10,19-21,26H,11-18H2,1-3H3. The minimum Gasteiger partial charge on any atom is -0.378 e. The first-order valence-electron chi connectivity index (χ1n) is 12.8. The largest absolute Gasteiger partial charge is 0.378 e. The zero-order valence-electron chi connectivity index (χ0n) is 21.1. The topological polar surface area (TPSA) is 57.1 Å². The van der Waals surface area contributed by atoms with Gasteiger partial charge in [-0.2, -0.15) is 4.98 Å². The lowest BCUT2D eigenvalue weighted by Crippen LogP contribution is -2.50. The van der Waals surface area contributed by atoms with Gasteiger partial charge in [-0.15, -0.1) is 0 Å². The first kappa shape index (κ1) is 23.7. The molecule has 7 heteroatoms. The molecule has 184 valence electrons. The molecule has 0 aliphatic carbocycles. The molecule has 1 aromatic carbocycles. The van der Waals surface area contributed by atoms with E-state index < -0.39 is 0 Å². The molecule has 35 heavy (non-hydrogen) atoms. The Bertz CT molecular complexity index is 1090. The SMILES string of the molecule is CC1=CC(N2CCN(c3cc(-c4ccc(C(C)C)cc4)nc(N4CCOCC4)n3)CC2)N=CC=C1. The summed E-state index contributed by atoms with van der Waals surface area (Å²) in [5, 5.41) is 0. The van der Waals surface area contributed by atoms with E-state index in [-0.39, 0.29) is 6.17 Å². The van der Waals surface area contributed by atoms with Gasteiger partial charge in [0, 0.05) is 57.1 Å². The highest BCUT2D eigenvalue weighted by atomic mass is 16.5.